The Balaban J connectivity index is 4.28. The van der Waals surface area contributed by atoms with Gasteiger partial charge in [-0.3, -0.25) is 33.6 Å². The molecule has 0 rings (SSSR count). The Morgan fingerprint density at radius 3 is 1.41 bits per heavy atom. The van der Waals surface area contributed by atoms with Crippen molar-refractivity contribution < 1.29 is 57.2 Å². The fourth-order valence-corrected chi connectivity index (χ4v) is 5.44. The second-order valence-electron chi connectivity index (χ2n) is 19.4. The van der Waals surface area contributed by atoms with Gasteiger partial charge in [-0.15, -0.1) is 0 Å². The topological polar surface area (TPSA) is 238 Å². The molecule has 0 radical (unpaired) electrons. The lowest BCUT2D eigenvalue weighted by Gasteiger charge is -2.25. The van der Waals surface area contributed by atoms with E-state index < -0.39 is 22.7 Å². The molecule has 64 heavy (non-hydrogen) atoms. The molecule has 0 spiro atoms. The lowest BCUT2D eigenvalue weighted by Crippen LogP contribution is -2.38. The zero-order chi connectivity index (χ0) is 48.8. The molecule has 2 unspecified atom stereocenters. The molecule has 0 saturated carbocycles. The summed E-state index contributed by atoms with van der Waals surface area (Å²) in [6.45, 7) is 25.3. The molecule has 0 aromatic carbocycles. The van der Waals surface area contributed by atoms with Crippen molar-refractivity contribution in [1.82, 2.24) is 31.9 Å². The van der Waals surface area contributed by atoms with Crippen molar-refractivity contribution in [2.24, 2.45) is 33.5 Å². The van der Waals surface area contributed by atoms with Crippen LogP contribution in [0, 0.1) is 33.5 Å². The Hall–Kier alpha value is -3.87. The average molecular weight is 915 g/mol. The lowest BCUT2D eigenvalue weighted by molar-refractivity contribution is -0.146. The van der Waals surface area contributed by atoms with Crippen molar-refractivity contribution >= 4 is 41.4 Å². The molecule has 18 heteroatoms. The van der Waals surface area contributed by atoms with Crippen molar-refractivity contribution in [1.29, 1.82) is 0 Å². The van der Waals surface area contributed by atoms with Crippen LogP contribution < -0.4 is 31.9 Å². The monoisotopic (exact) mass is 915 g/mol. The van der Waals surface area contributed by atoms with Gasteiger partial charge in [-0.1, -0.05) is 76.2 Å². The third-order valence-electron chi connectivity index (χ3n) is 10.8. The molecule has 0 heterocycles. The second-order valence-corrected chi connectivity index (χ2v) is 19.4. The molecule has 0 fully saturated rings. The summed E-state index contributed by atoms with van der Waals surface area (Å²) < 4.78 is 27.5. The molecule has 0 saturated heterocycles. The van der Waals surface area contributed by atoms with Crippen LogP contribution in [0.25, 0.3) is 0 Å². The molecule has 6 amide bonds. The average Bonchev–Trinajstić information content (AvgIpc) is 3.23. The van der Waals surface area contributed by atoms with Gasteiger partial charge in [-0.05, 0) is 25.2 Å². The Labute approximate surface area is 383 Å². The van der Waals surface area contributed by atoms with Gasteiger partial charge in [-0.2, -0.15) is 0 Å². The van der Waals surface area contributed by atoms with Gasteiger partial charge < -0.3 is 55.6 Å². The van der Waals surface area contributed by atoms with Gasteiger partial charge >= 0.3 is 5.97 Å². The van der Waals surface area contributed by atoms with Gasteiger partial charge in [0, 0.05) is 93.2 Å². The summed E-state index contributed by atoms with van der Waals surface area (Å²) in [6, 6.07) is 0. The Kier molecular flexibility index (Phi) is 30.0. The summed E-state index contributed by atoms with van der Waals surface area (Å²) in [5.41, 5.74) is -1.58. The van der Waals surface area contributed by atoms with Crippen LogP contribution in [0.2, 0.25) is 0 Å². The van der Waals surface area contributed by atoms with Crippen LogP contribution in [0.3, 0.4) is 0 Å². The molecule has 6 N–H and O–H groups in total. The van der Waals surface area contributed by atoms with Gasteiger partial charge in [0.25, 0.3) is 0 Å². The van der Waals surface area contributed by atoms with E-state index in [0.717, 1.165) is 12.8 Å². The number of rotatable bonds is 37. The van der Waals surface area contributed by atoms with Crippen LogP contribution in [-0.4, -0.2) is 141 Å². The van der Waals surface area contributed by atoms with E-state index in [9.17, 15) is 33.6 Å². The van der Waals surface area contributed by atoms with Gasteiger partial charge in [0.05, 0.1) is 59.3 Å². The molecular weight excluding hydrogens is 829 g/mol. The molecule has 0 aliphatic carbocycles. The van der Waals surface area contributed by atoms with E-state index in [4.69, 9.17) is 23.7 Å². The lowest BCUT2D eigenvalue weighted by atomic mass is 9.89. The van der Waals surface area contributed by atoms with E-state index in [-0.39, 0.29) is 117 Å². The van der Waals surface area contributed by atoms with E-state index in [1.54, 1.807) is 0 Å². The SMILES string of the molecule is CCC(C)(C)C(=O)NCCOCCC(=O)NCC(C)(C)COCCC(=O)NCCC(CNC(=O)CC(C)COCC(C)(C)CNC(=O)CCOCCNC(=O)C(C)(C)CC)C(=O)OC. The summed E-state index contributed by atoms with van der Waals surface area (Å²) in [7, 11) is 1.27. The number of esters is 1. The highest BCUT2D eigenvalue weighted by Gasteiger charge is 2.26. The molecule has 0 aromatic heterocycles. The standard InChI is InChI=1S/C46H86N6O12/c1-13-45(8,9)41(58)48-20-25-61-22-16-37(54)51-30-43(4,5)32-63-24-18-36(53)47-19-15-35(40(57)60-12)28-50-39(56)27-34(3)29-64-33-44(6,7)31-52-38(55)17-23-62-26-21-49-42(59)46(10,11)14-2/h34-35H,13-33H2,1-12H3,(H,47,53)(H,48,58)(H,49,59)(H,50,56)(H,51,54)(H,52,55). The van der Waals surface area contributed by atoms with Crippen molar-refractivity contribution in [3.63, 3.8) is 0 Å². The normalized spacial score (nSPS) is 13.0. The highest BCUT2D eigenvalue weighted by molar-refractivity contribution is 5.82. The minimum atomic E-state index is -0.654. The molecule has 2 atom stereocenters. The minimum Gasteiger partial charge on any atom is -0.469 e. The maximum Gasteiger partial charge on any atom is 0.310 e. The number of ether oxygens (including phenoxy) is 5. The number of carbonyl (C=O) groups is 7. The highest BCUT2D eigenvalue weighted by atomic mass is 16.5. The van der Waals surface area contributed by atoms with E-state index in [0.29, 0.717) is 59.2 Å². The van der Waals surface area contributed by atoms with E-state index in [1.807, 2.05) is 76.2 Å². The number of carbonyl (C=O) groups excluding carboxylic acids is 7. The maximum absolute atomic E-state index is 12.7. The first kappa shape index (κ1) is 60.1. The summed E-state index contributed by atoms with van der Waals surface area (Å²) >= 11 is 0. The first-order valence-corrected chi connectivity index (χ1v) is 22.9. The van der Waals surface area contributed by atoms with Crippen molar-refractivity contribution in [3.05, 3.63) is 0 Å². The number of amides is 6. The van der Waals surface area contributed by atoms with E-state index in [2.05, 4.69) is 31.9 Å². The maximum atomic E-state index is 12.7. The Morgan fingerprint density at radius 2 is 0.953 bits per heavy atom. The third-order valence-corrected chi connectivity index (χ3v) is 10.8. The Bertz CT molecular complexity index is 1420. The second kappa shape index (κ2) is 31.9. The number of hydrogen-bond donors (Lipinski definition) is 6. The quantitative estimate of drug-likeness (QED) is 0.0390. The summed E-state index contributed by atoms with van der Waals surface area (Å²) in [5, 5.41) is 17.1. The molecule has 0 aliphatic rings. The third kappa shape index (κ3) is 29.5. The van der Waals surface area contributed by atoms with E-state index in [1.165, 1.54) is 7.11 Å². The van der Waals surface area contributed by atoms with Crippen LogP contribution >= 0.6 is 0 Å². The summed E-state index contributed by atoms with van der Waals surface area (Å²) in [5.74, 6) is -2.09. The fourth-order valence-electron chi connectivity index (χ4n) is 5.44. The van der Waals surface area contributed by atoms with Crippen LogP contribution in [0.5, 0.6) is 0 Å². The fraction of sp³-hybridized carbons (Fsp3) is 0.848. The molecule has 18 nitrogen and oxygen atoms in total. The first-order chi connectivity index (χ1) is 29.9. The smallest absolute Gasteiger partial charge is 0.310 e. The van der Waals surface area contributed by atoms with Crippen molar-refractivity contribution in [3.8, 4) is 0 Å². The van der Waals surface area contributed by atoms with Crippen LogP contribution in [-0.2, 0) is 57.2 Å². The zero-order valence-corrected chi connectivity index (χ0v) is 41.4. The molecule has 372 valence electrons. The van der Waals surface area contributed by atoms with Gasteiger partial charge in [0.15, 0.2) is 0 Å². The first-order valence-electron chi connectivity index (χ1n) is 22.9. The highest BCUT2D eigenvalue weighted by Crippen LogP contribution is 2.20. The predicted molar refractivity (Wildman–Crippen MR) is 245 cm³/mol. The zero-order valence-electron chi connectivity index (χ0n) is 41.4. The Morgan fingerprint density at radius 1 is 0.516 bits per heavy atom. The minimum absolute atomic E-state index is 0.0225. The van der Waals surface area contributed by atoms with Crippen LogP contribution in [0.1, 0.15) is 121 Å². The van der Waals surface area contributed by atoms with Crippen molar-refractivity contribution in [2.45, 2.75) is 121 Å². The van der Waals surface area contributed by atoms with Crippen LogP contribution in [0.15, 0.2) is 0 Å². The van der Waals surface area contributed by atoms with Gasteiger partial charge in [0.1, 0.15) is 0 Å². The van der Waals surface area contributed by atoms with E-state index >= 15 is 0 Å². The van der Waals surface area contributed by atoms with Crippen LogP contribution in [0.4, 0.5) is 0 Å². The summed E-state index contributed by atoms with van der Waals surface area (Å²) in [4.78, 5) is 86.4. The number of hydrogen-bond acceptors (Lipinski definition) is 12. The predicted octanol–water partition coefficient (Wildman–Crippen LogP) is 3.05. The molecular formula is C46H86N6O12. The summed E-state index contributed by atoms with van der Waals surface area (Å²) in [6.07, 6.45) is 2.42. The largest absolute Gasteiger partial charge is 0.469 e. The molecule has 0 bridgehead atoms. The number of nitrogens with one attached hydrogen (secondary N) is 6. The van der Waals surface area contributed by atoms with Crippen molar-refractivity contribution in [2.75, 3.05) is 99.2 Å². The molecule has 0 aliphatic heterocycles. The van der Waals surface area contributed by atoms with Gasteiger partial charge in [-0.25, -0.2) is 0 Å². The van der Waals surface area contributed by atoms with Gasteiger partial charge in [0.2, 0.25) is 35.4 Å². The number of methoxy groups -OCH3 is 1. The molecule has 0 aromatic rings.